The van der Waals surface area contributed by atoms with Crippen molar-refractivity contribution < 1.29 is 14.3 Å². The molecule has 2 aromatic carbocycles. The van der Waals surface area contributed by atoms with E-state index in [2.05, 4.69) is 27.4 Å². The molecule has 4 rings (SSSR count). The molecule has 1 heterocycles. The molecular weight excluding hydrogens is 358 g/mol. The Morgan fingerprint density at radius 1 is 1.07 bits per heavy atom. The molecule has 1 aromatic heterocycles. The first-order valence-corrected chi connectivity index (χ1v) is 9.31. The van der Waals surface area contributed by atoms with Crippen molar-refractivity contribution in [2.24, 2.45) is 0 Å². The molecule has 144 valence electrons. The number of amides is 1. The average molecular weight is 379 g/mol. The van der Waals surface area contributed by atoms with Crippen LogP contribution in [0.5, 0.6) is 0 Å². The number of hydrogen-bond acceptors (Lipinski definition) is 4. The molecule has 0 aliphatic heterocycles. The number of H-pyrrole nitrogens is 2. The number of imidazole rings is 1. The monoisotopic (exact) mass is 379 g/mol. The van der Waals surface area contributed by atoms with Gasteiger partial charge in [-0.25, -0.2) is 4.79 Å². The van der Waals surface area contributed by atoms with Crippen molar-refractivity contribution in [1.29, 1.82) is 0 Å². The third-order valence-electron chi connectivity index (χ3n) is 4.97. The van der Waals surface area contributed by atoms with Gasteiger partial charge >= 0.3 is 11.7 Å². The minimum Gasteiger partial charge on any atom is -0.452 e. The van der Waals surface area contributed by atoms with Gasteiger partial charge in [-0.1, -0.05) is 18.2 Å². The number of carbonyl (C=O) groups is 2. The number of aromatic nitrogens is 2. The number of rotatable bonds is 5. The van der Waals surface area contributed by atoms with Crippen LogP contribution in [0.25, 0.3) is 11.0 Å². The molecule has 7 nitrogen and oxygen atoms in total. The van der Waals surface area contributed by atoms with Crippen molar-refractivity contribution in [3.8, 4) is 0 Å². The summed E-state index contributed by atoms with van der Waals surface area (Å²) in [6.07, 6.45) is 2.51. The van der Waals surface area contributed by atoms with Crippen LogP contribution in [0.15, 0.2) is 41.2 Å². The van der Waals surface area contributed by atoms with E-state index in [0.29, 0.717) is 16.7 Å². The highest BCUT2D eigenvalue weighted by Gasteiger charge is 2.19. The summed E-state index contributed by atoms with van der Waals surface area (Å²) in [6.45, 7) is 1.53. The summed E-state index contributed by atoms with van der Waals surface area (Å²) in [5, 5.41) is 2.69. The summed E-state index contributed by atoms with van der Waals surface area (Å²) < 4.78 is 5.28. The Morgan fingerprint density at radius 2 is 1.86 bits per heavy atom. The van der Waals surface area contributed by atoms with Gasteiger partial charge in [0.1, 0.15) is 0 Å². The van der Waals surface area contributed by atoms with E-state index in [-0.39, 0.29) is 12.1 Å². The lowest BCUT2D eigenvalue weighted by atomic mass is 10.0. The average Bonchev–Trinajstić information content (AvgIpc) is 3.25. The van der Waals surface area contributed by atoms with Gasteiger partial charge in [0, 0.05) is 5.69 Å². The van der Waals surface area contributed by atoms with Crippen LogP contribution >= 0.6 is 0 Å². The van der Waals surface area contributed by atoms with Gasteiger partial charge in [-0.3, -0.25) is 9.59 Å². The quantitative estimate of drug-likeness (QED) is 0.592. The van der Waals surface area contributed by atoms with E-state index in [4.69, 9.17) is 4.74 Å². The largest absolute Gasteiger partial charge is 0.452 e. The number of aryl methyl sites for hydroxylation is 2. The van der Waals surface area contributed by atoms with Gasteiger partial charge in [0.2, 0.25) is 0 Å². The van der Waals surface area contributed by atoms with Crippen molar-refractivity contribution in [3.05, 3.63) is 63.6 Å². The maximum atomic E-state index is 12.3. The Labute approximate surface area is 161 Å². The second-order valence-electron chi connectivity index (χ2n) is 7.09. The van der Waals surface area contributed by atoms with Crippen LogP contribution in [0, 0.1) is 0 Å². The Balaban J connectivity index is 1.35. The summed E-state index contributed by atoms with van der Waals surface area (Å²) in [5.74, 6) is -0.870. The van der Waals surface area contributed by atoms with Crippen LogP contribution in [0.3, 0.4) is 0 Å². The van der Waals surface area contributed by atoms with Crippen LogP contribution < -0.4 is 11.0 Å². The first-order chi connectivity index (χ1) is 13.5. The summed E-state index contributed by atoms with van der Waals surface area (Å²) in [5.41, 5.74) is 4.99. The topological polar surface area (TPSA) is 104 Å². The van der Waals surface area contributed by atoms with E-state index in [1.54, 1.807) is 18.2 Å². The number of aromatic amines is 2. The molecule has 0 radical (unpaired) electrons. The highest BCUT2D eigenvalue weighted by molar-refractivity contribution is 5.96. The molecule has 3 N–H and O–H groups in total. The zero-order valence-electron chi connectivity index (χ0n) is 15.5. The lowest BCUT2D eigenvalue weighted by Gasteiger charge is -2.14. The number of benzene rings is 2. The normalized spacial score (nSPS) is 13.9. The summed E-state index contributed by atoms with van der Waals surface area (Å²) >= 11 is 0. The molecule has 1 aliphatic rings. The van der Waals surface area contributed by atoms with Crippen LogP contribution in [-0.2, 0) is 33.6 Å². The maximum absolute atomic E-state index is 12.3. The fourth-order valence-corrected chi connectivity index (χ4v) is 3.55. The molecule has 0 spiro atoms. The maximum Gasteiger partial charge on any atom is 0.323 e. The molecule has 1 amide bonds. The number of esters is 1. The molecule has 0 unspecified atom stereocenters. The molecule has 0 saturated heterocycles. The molecule has 0 fully saturated rings. The zero-order chi connectivity index (χ0) is 19.7. The number of carbonyl (C=O) groups excluding carboxylic acids is 2. The molecular formula is C21H21N3O4. The Kier molecular flexibility index (Phi) is 4.73. The van der Waals surface area contributed by atoms with E-state index in [0.717, 1.165) is 24.8 Å². The highest BCUT2D eigenvalue weighted by Crippen LogP contribution is 2.23. The first-order valence-electron chi connectivity index (χ1n) is 9.31. The van der Waals surface area contributed by atoms with Crippen molar-refractivity contribution in [1.82, 2.24) is 9.97 Å². The Morgan fingerprint density at radius 3 is 2.71 bits per heavy atom. The van der Waals surface area contributed by atoms with Gasteiger partial charge in [0.15, 0.2) is 6.10 Å². The zero-order valence-corrected chi connectivity index (χ0v) is 15.5. The van der Waals surface area contributed by atoms with Gasteiger partial charge in [0.25, 0.3) is 5.91 Å². The van der Waals surface area contributed by atoms with E-state index >= 15 is 0 Å². The van der Waals surface area contributed by atoms with Crippen LogP contribution in [0.2, 0.25) is 0 Å². The molecule has 28 heavy (non-hydrogen) atoms. The Hall–Kier alpha value is -3.35. The molecule has 3 aromatic rings. The summed E-state index contributed by atoms with van der Waals surface area (Å²) in [7, 11) is 0. The van der Waals surface area contributed by atoms with Crippen molar-refractivity contribution in [2.75, 3.05) is 5.32 Å². The number of nitrogens with one attached hydrogen (secondary N) is 3. The number of anilines is 1. The second kappa shape index (κ2) is 7.34. The fourth-order valence-electron chi connectivity index (χ4n) is 3.55. The van der Waals surface area contributed by atoms with Crippen molar-refractivity contribution in [3.63, 3.8) is 0 Å². The van der Waals surface area contributed by atoms with E-state index in [1.165, 1.54) is 18.1 Å². The summed E-state index contributed by atoms with van der Waals surface area (Å²) in [6, 6.07) is 11.1. The highest BCUT2D eigenvalue weighted by atomic mass is 16.5. The lowest BCUT2D eigenvalue weighted by molar-refractivity contribution is -0.152. The Bertz CT molecular complexity index is 1110. The molecule has 0 bridgehead atoms. The van der Waals surface area contributed by atoms with Gasteiger partial charge in [0.05, 0.1) is 17.5 Å². The molecule has 7 heteroatoms. The predicted octanol–water partition coefficient (Wildman–Crippen LogP) is 2.46. The van der Waals surface area contributed by atoms with Crippen LogP contribution in [-0.4, -0.2) is 27.9 Å². The van der Waals surface area contributed by atoms with Crippen molar-refractivity contribution in [2.45, 2.75) is 38.7 Å². The van der Waals surface area contributed by atoms with Gasteiger partial charge in [-0.2, -0.15) is 0 Å². The predicted molar refractivity (Wildman–Crippen MR) is 105 cm³/mol. The van der Waals surface area contributed by atoms with Gasteiger partial charge in [-0.05, 0) is 61.1 Å². The van der Waals surface area contributed by atoms with E-state index < -0.39 is 18.0 Å². The molecule has 0 saturated carbocycles. The number of hydrogen-bond donors (Lipinski definition) is 3. The lowest BCUT2D eigenvalue weighted by Crippen LogP contribution is -2.30. The van der Waals surface area contributed by atoms with Gasteiger partial charge in [-0.15, -0.1) is 0 Å². The standard InChI is InChI=1S/C21H21N3O4/c1-12(20(26)22-16-7-8-17-18(11-16)24-21(27)23-17)28-19(25)10-13-5-6-14-3-2-4-15(14)9-13/h5-9,11-12H,2-4,10H2,1H3,(H,22,26)(H2,23,24,27)/t12-/m1/s1. The third kappa shape index (κ3) is 3.83. The number of fused-ring (bicyclic) bond motifs is 2. The van der Waals surface area contributed by atoms with E-state index in [1.807, 2.05) is 6.07 Å². The van der Waals surface area contributed by atoms with E-state index in [9.17, 15) is 14.4 Å². The smallest absolute Gasteiger partial charge is 0.323 e. The van der Waals surface area contributed by atoms with Crippen LogP contribution in [0.1, 0.15) is 30.0 Å². The number of ether oxygens (including phenoxy) is 1. The first kappa shape index (κ1) is 18.0. The minimum atomic E-state index is -0.928. The SMILES string of the molecule is C[C@@H](OC(=O)Cc1ccc2c(c1)CCC2)C(=O)Nc1ccc2[nH]c(=O)[nH]c2c1. The minimum absolute atomic E-state index is 0.140. The molecule has 1 aliphatic carbocycles. The third-order valence-corrected chi connectivity index (χ3v) is 4.97. The van der Waals surface area contributed by atoms with Crippen LogP contribution in [0.4, 0.5) is 5.69 Å². The van der Waals surface area contributed by atoms with Gasteiger partial charge < -0.3 is 20.0 Å². The summed E-state index contributed by atoms with van der Waals surface area (Å²) in [4.78, 5) is 41.1. The van der Waals surface area contributed by atoms with Crippen molar-refractivity contribution >= 4 is 28.6 Å². The fraction of sp³-hybridized carbons (Fsp3) is 0.286. The molecule has 1 atom stereocenters. The second-order valence-corrected chi connectivity index (χ2v) is 7.09.